The highest BCUT2D eigenvalue weighted by molar-refractivity contribution is 5.82. The molecule has 2 atom stereocenters. The van der Waals surface area contributed by atoms with Gasteiger partial charge in [0.05, 0.1) is 37.3 Å². The van der Waals surface area contributed by atoms with Crippen LogP contribution in [0.1, 0.15) is 59.8 Å². The molecular formula is C33H37FN4O3. The number of nitriles is 1. The molecule has 0 spiro atoms. The van der Waals surface area contributed by atoms with E-state index in [1.54, 1.807) is 36.4 Å². The van der Waals surface area contributed by atoms with Gasteiger partial charge >= 0.3 is 0 Å². The standard InChI is InChI=1S/C33H37FN4O3/c1-7-24-18-23(19-25(8-2)36-24)33(39,14-15-38(3)4)30(26-10-9-11-29(40-5)31(26)34)27-17-22-16-21(20-35)12-13-28(22)37-32(27)41-6/h9-13,16-19,30,39H,7-8,14-15H2,1-6H3. The molecule has 0 bridgehead atoms. The largest absolute Gasteiger partial charge is 0.494 e. The van der Waals surface area contributed by atoms with Crippen LogP contribution in [0.4, 0.5) is 4.39 Å². The van der Waals surface area contributed by atoms with Gasteiger partial charge in [-0.2, -0.15) is 5.26 Å². The number of aliphatic hydroxyl groups is 1. The minimum absolute atomic E-state index is 0.0696. The monoisotopic (exact) mass is 556 g/mol. The van der Waals surface area contributed by atoms with Gasteiger partial charge in [-0.05, 0) is 81.4 Å². The van der Waals surface area contributed by atoms with Crippen molar-refractivity contribution in [3.05, 3.63) is 94.1 Å². The summed E-state index contributed by atoms with van der Waals surface area (Å²) in [5.41, 5.74) is 2.55. The molecule has 2 unspecified atom stereocenters. The van der Waals surface area contributed by atoms with E-state index in [4.69, 9.17) is 19.4 Å². The van der Waals surface area contributed by atoms with Crippen molar-refractivity contribution in [1.82, 2.24) is 14.9 Å². The summed E-state index contributed by atoms with van der Waals surface area (Å²) < 4.78 is 27.4. The molecule has 0 fully saturated rings. The van der Waals surface area contributed by atoms with Crippen molar-refractivity contribution in [3.63, 3.8) is 0 Å². The second-order valence-corrected chi connectivity index (χ2v) is 10.4. The third kappa shape index (κ3) is 6.02. The zero-order valence-electron chi connectivity index (χ0n) is 24.5. The number of rotatable bonds is 11. The SMILES string of the molecule is CCc1cc(C(O)(CCN(C)C)C(c2cc3cc(C#N)ccc3nc2OC)c2cccc(OC)c2F)cc(CC)n1. The average molecular weight is 557 g/mol. The zero-order chi connectivity index (χ0) is 29.7. The van der Waals surface area contributed by atoms with Crippen molar-refractivity contribution < 1.29 is 19.0 Å². The van der Waals surface area contributed by atoms with E-state index in [0.717, 1.165) is 11.4 Å². The lowest BCUT2D eigenvalue weighted by Crippen LogP contribution is -2.38. The molecule has 4 rings (SSSR count). The maximum atomic E-state index is 16.2. The first kappa shape index (κ1) is 29.9. The number of ether oxygens (including phenoxy) is 2. The van der Waals surface area contributed by atoms with Gasteiger partial charge in [0.15, 0.2) is 11.6 Å². The van der Waals surface area contributed by atoms with E-state index in [1.165, 1.54) is 14.2 Å². The van der Waals surface area contributed by atoms with E-state index in [-0.39, 0.29) is 23.6 Å². The highest BCUT2D eigenvalue weighted by atomic mass is 19.1. The maximum absolute atomic E-state index is 16.2. The molecule has 41 heavy (non-hydrogen) atoms. The van der Waals surface area contributed by atoms with Crippen LogP contribution in [0.3, 0.4) is 0 Å². The number of hydrogen-bond donors (Lipinski definition) is 1. The molecule has 0 aliphatic rings. The fraction of sp³-hybridized carbons (Fsp3) is 0.364. The van der Waals surface area contributed by atoms with E-state index in [1.807, 2.05) is 51.0 Å². The minimum Gasteiger partial charge on any atom is -0.494 e. The molecule has 2 aromatic carbocycles. The molecule has 0 saturated heterocycles. The van der Waals surface area contributed by atoms with Gasteiger partial charge in [-0.3, -0.25) is 4.98 Å². The van der Waals surface area contributed by atoms with Crippen molar-refractivity contribution in [3.8, 4) is 17.7 Å². The lowest BCUT2D eigenvalue weighted by Gasteiger charge is -2.39. The number of hydrogen-bond acceptors (Lipinski definition) is 7. The molecule has 7 nitrogen and oxygen atoms in total. The van der Waals surface area contributed by atoms with E-state index >= 15 is 4.39 Å². The summed E-state index contributed by atoms with van der Waals surface area (Å²) in [5.74, 6) is -1.19. The molecule has 0 aliphatic heterocycles. The maximum Gasteiger partial charge on any atom is 0.217 e. The van der Waals surface area contributed by atoms with Gasteiger partial charge in [0.2, 0.25) is 5.88 Å². The van der Waals surface area contributed by atoms with Crippen LogP contribution >= 0.6 is 0 Å². The van der Waals surface area contributed by atoms with Crippen LogP contribution in [0, 0.1) is 17.1 Å². The van der Waals surface area contributed by atoms with Crippen LogP contribution in [-0.4, -0.2) is 54.8 Å². The van der Waals surface area contributed by atoms with E-state index < -0.39 is 17.3 Å². The van der Waals surface area contributed by atoms with Crippen molar-refractivity contribution >= 4 is 10.9 Å². The van der Waals surface area contributed by atoms with Gasteiger partial charge in [0, 0.05) is 34.4 Å². The smallest absolute Gasteiger partial charge is 0.217 e. The number of halogens is 1. The van der Waals surface area contributed by atoms with Crippen LogP contribution in [0.5, 0.6) is 11.6 Å². The predicted molar refractivity (Wildman–Crippen MR) is 158 cm³/mol. The highest BCUT2D eigenvalue weighted by Crippen LogP contribution is 2.49. The van der Waals surface area contributed by atoms with Gasteiger partial charge in [0.1, 0.15) is 5.60 Å². The Morgan fingerprint density at radius 1 is 0.976 bits per heavy atom. The fourth-order valence-electron chi connectivity index (χ4n) is 5.32. The summed E-state index contributed by atoms with van der Waals surface area (Å²) in [7, 11) is 6.80. The Kier molecular flexibility index (Phi) is 9.21. The van der Waals surface area contributed by atoms with Crippen LogP contribution in [0.2, 0.25) is 0 Å². The van der Waals surface area contributed by atoms with E-state index in [2.05, 4.69) is 6.07 Å². The Balaban J connectivity index is 2.13. The lowest BCUT2D eigenvalue weighted by molar-refractivity contribution is 0.00259. The van der Waals surface area contributed by atoms with Gasteiger partial charge in [-0.15, -0.1) is 0 Å². The lowest BCUT2D eigenvalue weighted by atomic mass is 9.71. The minimum atomic E-state index is -1.61. The predicted octanol–water partition coefficient (Wildman–Crippen LogP) is 5.75. The first-order valence-corrected chi connectivity index (χ1v) is 13.8. The first-order valence-electron chi connectivity index (χ1n) is 13.8. The Morgan fingerprint density at radius 3 is 2.27 bits per heavy atom. The van der Waals surface area contributed by atoms with Crippen molar-refractivity contribution in [2.24, 2.45) is 0 Å². The van der Waals surface area contributed by atoms with Gasteiger partial charge in [0.25, 0.3) is 0 Å². The molecule has 2 aromatic heterocycles. The Hall–Kier alpha value is -4.06. The quantitative estimate of drug-likeness (QED) is 0.251. The molecule has 0 amide bonds. The third-order valence-electron chi connectivity index (χ3n) is 7.54. The summed E-state index contributed by atoms with van der Waals surface area (Å²) in [5, 5.41) is 23.2. The van der Waals surface area contributed by atoms with Gasteiger partial charge in [-0.1, -0.05) is 26.0 Å². The molecular weight excluding hydrogens is 519 g/mol. The molecule has 2 heterocycles. The zero-order valence-corrected chi connectivity index (χ0v) is 24.5. The van der Waals surface area contributed by atoms with Crippen LogP contribution in [-0.2, 0) is 18.4 Å². The topological polar surface area (TPSA) is 91.5 Å². The third-order valence-corrected chi connectivity index (χ3v) is 7.54. The molecule has 1 N–H and O–H groups in total. The number of pyridine rings is 2. The van der Waals surface area contributed by atoms with Crippen molar-refractivity contribution in [2.75, 3.05) is 34.9 Å². The van der Waals surface area contributed by atoms with Crippen molar-refractivity contribution in [2.45, 2.75) is 44.6 Å². The first-order chi connectivity index (χ1) is 19.7. The number of aryl methyl sites for hydroxylation is 2. The van der Waals surface area contributed by atoms with Crippen LogP contribution < -0.4 is 9.47 Å². The summed E-state index contributed by atoms with van der Waals surface area (Å²) in [6, 6.07) is 18.0. The molecule has 0 aliphatic carbocycles. The summed E-state index contributed by atoms with van der Waals surface area (Å²) in [6.07, 6.45) is 1.64. The summed E-state index contributed by atoms with van der Waals surface area (Å²) >= 11 is 0. The molecule has 214 valence electrons. The molecule has 4 aromatic rings. The van der Waals surface area contributed by atoms with E-state index in [9.17, 15) is 10.4 Å². The van der Waals surface area contributed by atoms with Gasteiger partial charge in [-0.25, -0.2) is 9.37 Å². The van der Waals surface area contributed by atoms with Gasteiger partial charge < -0.3 is 19.5 Å². The fourth-order valence-corrected chi connectivity index (χ4v) is 5.32. The molecule has 0 radical (unpaired) electrons. The second-order valence-electron chi connectivity index (χ2n) is 10.4. The van der Waals surface area contributed by atoms with Crippen LogP contribution in [0.25, 0.3) is 10.9 Å². The Bertz CT molecular complexity index is 1560. The Labute approximate surface area is 241 Å². The average Bonchev–Trinajstić information content (AvgIpc) is 2.99. The number of benzene rings is 2. The number of nitrogens with zero attached hydrogens (tertiary/aromatic N) is 4. The van der Waals surface area contributed by atoms with Crippen molar-refractivity contribution in [1.29, 1.82) is 5.26 Å². The summed E-state index contributed by atoms with van der Waals surface area (Å²) in [6.45, 7) is 4.56. The highest BCUT2D eigenvalue weighted by Gasteiger charge is 2.44. The van der Waals surface area contributed by atoms with E-state index in [0.29, 0.717) is 47.0 Å². The number of methoxy groups -OCH3 is 2. The molecule has 8 heteroatoms. The van der Waals surface area contributed by atoms with Crippen LogP contribution in [0.15, 0.2) is 54.6 Å². The molecule has 0 saturated carbocycles. The second kappa shape index (κ2) is 12.6. The number of fused-ring (bicyclic) bond motifs is 1. The Morgan fingerprint density at radius 2 is 1.68 bits per heavy atom. The number of aromatic nitrogens is 2. The summed E-state index contributed by atoms with van der Waals surface area (Å²) in [4.78, 5) is 11.5. The normalized spacial score (nSPS) is 13.6.